The molecule has 3 rings (SSSR count). The molecular formula is C16H11NO2. The highest BCUT2D eigenvalue weighted by Crippen LogP contribution is 2.28. The van der Waals surface area contributed by atoms with Crippen molar-refractivity contribution in [2.24, 2.45) is 0 Å². The molecule has 0 saturated carbocycles. The van der Waals surface area contributed by atoms with Crippen molar-refractivity contribution >= 4 is 16.7 Å². The fourth-order valence-electron chi connectivity index (χ4n) is 2.19. The number of hydrogen-bond donors (Lipinski definition) is 1. The molecular weight excluding hydrogens is 238 g/mol. The number of carboxylic acids is 1. The Hall–Kier alpha value is -2.68. The lowest BCUT2D eigenvalue weighted by Crippen LogP contribution is -1.95. The van der Waals surface area contributed by atoms with Gasteiger partial charge < -0.3 is 5.11 Å². The molecule has 3 aromatic rings. The SMILES string of the molecule is O=C(O)c1cccc(-c2cccc3cnccc23)c1. The number of pyridine rings is 1. The van der Waals surface area contributed by atoms with E-state index < -0.39 is 5.97 Å². The Morgan fingerprint density at radius 2 is 1.89 bits per heavy atom. The Morgan fingerprint density at radius 3 is 2.74 bits per heavy atom. The van der Waals surface area contributed by atoms with Crippen molar-refractivity contribution < 1.29 is 9.90 Å². The summed E-state index contributed by atoms with van der Waals surface area (Å²) in [6.07, 6.45) is 3.55. The first-order chi connectivity index (χ1) is 9.25. The number of benzene rings is 2. The molecule has 92 valence electrons. The molecule has 0 bridgehead atoms. The molecule has 0 unspecified atom stereocenters. The third-order valence-corrected chi connectivity index (χ3v) is 3.10. The molecule has 0 saturated heterocycles. The van der Waals surface area contributed by atoms with Crippen molar-refractivity contribution in [1.29, 1.82) is 0 Å². The van der Waals surface area contributed by atoms with E-state index in [1.165, 1.54) is 0 Å². The second-order valence-corrected chi connectivity index (χ2v) is 4.29. The Balaban J connectivity index is 2.24. The number of carbonyl (C=O) groups is 1. The number of fused-ring (bicyclic) bond motifs is 1. The summed E-state index contributed by atoms with van der Waals surface area (Å²) in [4.78, 5) is 15.1. The minimum absolute atomic E-state index is 0.295. The van der Waals surface area contributed by atoms with Crippen LogP contribution in [0.25, 0.3) is 21.9 Å². The molecule has 3 nitrogen and oxygen atoms in total. The van der Waals surface area contributed by atoms with Gasteiger partial charge in [-0.25, -0.2) is 4.79 Å². The molecule has 1 aromatic heterocycles. The number of nitrogens with zero attached hydrogens (tertiary/aromatic N) is 1. The van der Waals surface area contributed by atoms with Crippen molar-refractivity contribution in [2.75, 3.05) is 0 Å². The summed E-state index contributed by atoms with van der Waals surface area (Å²) in [5, 5.41) is 11.2. The lowest BCUT2D eigenvalue weighted by molar-refractivity contribution is 0.0697. The molecule has 0 aliphatic rings. The van der Waals surface area contributed by atoms with Gasteiger partial charge in [0.15, 0.2) is 0 Å². The second-order valence-electron chi connectivity index (χ2n) is 4.29. The van der Waals surface area contributed by atoms with Gasteiger partial charge in [-0.15, -0.1) is 0 Å². The van der Waals surface area contributed by atoms with E-state index in [2.05, 4.69) is 4.98 Å². The van der Waals surface area contributed by atoms with Crippen LogP contribution in [0.15, 0.2) is 60.9 Å². The third-order valence-electron chi connectivity index (χ3n) is 3.10. The van der Waals surface area contributed by atoms with Crippen LogP contribution >= 0.6 is 0 Å². The maximum absolute atomic E-state index is 11.0. The van der Waals surface area contributed by atoms with Crippen molar-refractivity contribution in [3.05, 3.63) is 66.5 Å². The van der Waals surface area contributed by atoms with E-state index in [4.69, 9.17) is 5.11 Å². The molecule has 2 aromatic carbocycles. The Labute approximate surface area is 110 Å². The predicted molar refractivity (Wildman–Crippen MR) is 74.1 cm³/mol. The van der Waals surface area contributed by atoms with Gasteiger partial charge in [-0.3, -0.25) is 4.98 Å². The Bertz CT molecular complexity index is 760. The third kappa shape index (κ3) is 2.06. The lowest BCUT2D eigenvalue weighted by atomic mass is 9.98. The Morgan fingerprint density at radius 1 is 1.05 bits per heavy atom. The average molecular weight is 249 g/mol. The first-order valence-corrected chi connectivity index (χ1v) is 5.92. The van der Waals surface area contributed by atoms with Gasteiger partial charge in [0, 0.05) is 17.8 Å². The van der Waals surface area contributed by atoms with E-state index in [0.717, 1.165) is 21.9 Å². The minimum atomic E-state index is -0.913. The molecule has 0 amide bonds. The smallest absolute Gasteiger partial charge is 0.335 e. The van der Waals surface area contributed by atoms with Crippen LogP contribution in [-0.2, 0) is 0 Å². The quantitative estimate of drug-likeness (QED) is 0.754. The Kier molecular flexibility index (Phi) is 2.72. The first-order valence-electron chi connectivity index (χ1n) is 5.92. The fourth-order valence-corrected chi connectivity index (χ4v) is 2.19. The van der Waals surface area contributed by atoms with E-state index in [-0.39, 0.29) is 0 Å². The van der Waals surface area contributed by atoms with Gasteiger partial charge in [-0.1, -0.05) is 30.3 Å². The van der Waals surface area contributed by atoms with Gasteiger partial charge in [0.1, 0.15) is 0 Å². The fraction of sp³-hybridized carbons (Fsp3) is 0. The van der Waals surface area contributed by atoms with Gasteiger partial charge in [-0.2, -0.15) is 0 Å². The molecule has 19 heavy (non-hydrogen) atoms. The van der Waals surface area contributed by atoms with Crippen LogP contribution in [-0.4, -0.2) is 16.1 Å². The van der Waals surface area contributed by atoms with Crippen molar-refractivity contribution in [2.45, 2.75) is 0 Å². The monoisotopic (exact) mass is 249 g/mol. The zero-order chi connectivity index (χ0) is 13.2. The van der Waals surface area contributed by atoms with Crippen LogP contribution in [0, 0.1) is 0 Å². The van der Waals surface area contributed by atoms with Gasteiger partial charge in [0.25, 0.3) is 0 Å². The van der Waals surface area contributed by atoms with Crippen molar-refractivity contribution in [3.63, 3.8) is 0 Å². The predicted octanol–water partition coefficient (Wildman–Crippen LogP) is 3.60. The second kappa shape index (κ2) is 4.53. The number of aromatic nitrogens is 1. The maximum atomic E-state index is 11.0. The molecule has 3 heteroatoms. The standard InChI is InChI=1S/C16H11NO2/c18-16(19)12-4-1-3-11(9-12)14-6-2-5-13-10-17-8-7-15(13)14/h1-10H,(H,18,19). The van der Waals surface area contributed by atoms with Crippen LogP contribution in [0.2, 0.25) is 0 Å². The number of aromatic carboxylic acids is 1. The van der Waals surface area contributed by atoms with Crippen LogP contribution in [0.1, 0.15) is 10.4 Å². The van der Waals surface area contributed by atoms with Crippen LogP contribution in [0.5, 0.6) is 0 Å². The highest BCUT2D eigenvalue weighted by atomic mass is 16.4. The number of carboxylic acid groups (broad SMARTS) is 1. The molecule has 0 spiro atoms. The van der Waals surface area contributed by atoms with E-state index >= 15 is 0 Å². The first kappa shape index (κ1) is 11.4. The van der Waals surface area contributed by atoms with Gasteiger partial charge >= 0.3 is 5.97 Å². The molecule has 0 aliphatic heterocycles. The summed E-state index contributed by atoms with van der Waals surface area (Å²) in [5.41, 5.74) is 2.21. The largest absolute Gasteiger partial charge is 0.478 e. The summed E-state index contributed by atoms with van der Waals surface area (Å²) in [7, 11) is 0. The van der Waals surface area contributed by atoms with E-state index in [0.29, 0.717) is 5.56 Å². The molecule has 1 heterocycles. The van der Waals surface area contributed by atoms with E-state index in [1.807, 2.05) is 30.3 Å². The van der Waals surface area contributed by atoms with Crippen LogP contribution < -0.4 is 0 Å². The summed E-state index contributed by atoms with van der Waals surface area (Å²) in [6, 6.07) is 14.8. The van der Waals surface area contributed by atoms with Gasteiger partial charge in [0.05, 0.1) is 5.56 Å². The summed E-state index contributed by atoms with van der Waals surface area (Å²) >= 11 is 0. The van der Waals surface area contributed by atoms with Crippen molar-refractivity contribution in [3.8, 4) is 11.1 Å². The van der Waals surface area contributed by atoms with Crippen LogP contribution in [0.3, 0.4) is 0 Å². The zero-order valence-electron chi connectivity index (χ0n) is 10.1. The van der Waals surface area contributed by atoms with Gasteiger partial charge in [-0.05, 0) is 34.7 Å². The minimum Gasteiger partial charge on any atom is -0.478 e. The van der Waals surface area contributed by atoms with Crippen LogP contribution in [0.4, 0.5) is 0 Å². The molecule has 0 aliphatic carbocycles. The number of rotatable bonds is 2. The zero-order valence-corrected chi connectivity index (χ0v) is 10.1. The van der Waals surface area contributed by atoms with Gasteiger partial charge in [0.2, 0.25) is 0 Å². The highest BCUT2D eigenvalue weighted by molar-refractivity contribution is 5.97. The lowest BCUT2D eigenvalue weighted by Gasteiger charge is -2.07. The van der Waals surface area contributed by atoms with E-state index in [1.54, 1.807) is 30.6 Å². The molecule has 0 radical (unpaired) electrons. The number of hydrogen-bond acceptors (Lipinski definition) is 2. The molecule has 0 atom stereocenters. The molecule has 1 N–H and O–H groups in total. The normalized spacial score (nSPS) is 10.5. The summed E-state index contributed by atoms with van der Waals surface area (Å²) in [6.45, 7) is 0. The highest BCUT2D eigenvalue weighted by Gasteiger charge is 2.07. The maximum Gasteiger partial charge on any atom is 0.335 e. The summed E-state index contributed by atoms with van der Waals surface area (Å²) < 4.78 is 0. The average Bonchev–Trinajstić information content (AvgIpc) is 2.47. The topological polar surface area (TPSA) is 50.2 Å². The van der Waals surface area contributed by atoms with Crippen molar-refractivity contribution in [1.82, 2.24) is 4.98 Å². The molecule has 0 fully saturated rings. The summed E-state index contributed by atoms with van der Waals surface area (Å²) in [5.74, 6) is -0.913. The van der Waals surface area contributed by atoms with E-state index in [9.17, 15) is 4.79 Å².